The highest BCUT2D eigenvalue weighted by Gasteiger charge is 2.39. The quantitative estimate of drug-likeness (QED) is 0.427. The Morgan fingerprint density at radius 1 is 1.25 bits per heavy atom. The van der Waals surface area contributed by atoms with Gasteiger partial charge < -0.3 is 19.7 Å². The fourth-order valence-corrected chi connectivity index (χ4v) is 6.35. The third-order valence-corrected chi connectivity index (χ3v) is 8.70. The molecule has 0 amide bonds. The molecule has 2 aliphatic rings. The van der Waals surface area contributed by atoms with Gasteiger partial charge in [0, 0.05) is 12.6 Å². The SMILES string of the molecule is CC1CCC(=Cc2ccc3c(c2)N(S(=O)(=O)c2cc(C(F)(F)F)cnc2OCCO)C[C@H](CCC(=O)O)O3)CC1. The van der Waals surface area contributed by atoms with Crippen LogP contribution in [0.4, 0.5) is 18.9 Å². The van der Waals surface area contributed by atoms with E-state index in [-0.39, 0.29) is 30.8 Å². The molecule has 13 heteroatoms. The summed E-state index contributed by atoms with van der Waals surface area (Å²) in [6.45, 7) is 0.947. The summed E-state index contributed by atoms with van der Waals surface area (Å²) in [6.07, 6.45) is 0.283. The van der Waals surface area contributed by atoms with Crippen molar-refractivity contribution >= 4 is 27.8 Å². The molecule has 1 atom stereocenters. The number of aliphatic carboxylic acids is 1. The second-order valence-corrected chi connectivity index (χ2v) is 11.8. The van der Waals surface area contributed by atoms with Crippen LogP contribution < -0.4 is 13.8 Å². The van der Waals surface area contributed by atoms with Crippen molar-refractivity contribution in [2.45, 2.75) is 62.6 Å². The van der Waals surface area contributed by atoms with Gasteiger partial charge in [-0.1, -0.05) is 24.6 Å². The molecule has 9 nitrogen and oxygen atoms in total. The first-order valence-corrected chi connectivity index (χ1v) is 14.4. The number of alkyl halides is 3. The number of pyridine rings is 1. The maximum absolute atomic E-state index is 14.0. The van der Waals surface area contributed by atoms with Crippen LogP contribution in [0, 0.1) is 5.92 Å². The molecule has 1 aliphatic heterocycles. The highest BCUT2D eigenvalue weighted by molar-refractivity contribution is 7.93. The van der Waals surface area contributed by atoms with Crippen LogP contribution in [-0.2, 0) is 21.0 Å². The minimum absolute atomic E-state index is 0.0283. The highest BCUT2D eigenvalue weighted by atomic mass is 32.2. The van der Waals surface area contributed by atoms with Gasteiger partial charge in [-0.25, -0.2) is 13.4 Å². The number of carboxylic acid groups (broad SMARTS) is 1. The molecule has 4 rings (SSSR count). The summed E-state index contributed by atoms with van der Waals surface area (Å²) in [5.41, 5.74) is 0.735. The Morgan fingerprint density at radius 2 is 1.98 bits per heavy atom. The topological polar surface area (TPSA) is 126 Å². The number of rotatable bonds is 9. The lowest BCUT2D eigenvalue weighted by Gasteiger charge is -2.36. The molecule has 1 aliphatic carbocycles. The molecule has 1 fully saturated rings. The average Bonchev–Trinajstić information content (AvgIpc) is 2.91. The first kappa shape index (κ1) is 29.7. The van der Waals surface area contributed by atoms with E-state index in [0.717, 1.165) is 30.0 Å². The van der Waals surface area contributed by atoms with Crippen molar-refractivity contribution in [3.8, 4) is 11.6 Å². The largest absolute Gasteiger partial charge is 0.486 e. The van der Waals surface area contributed by atoms with E-state index in [0.29, 0.717) is 23.7 Å². The molecule has 0 spiro atoms. The summed E-state index contributed by atoms with van der Waals surface area (Å²) < 4.78 is 80.7. The molecule has 0 radical (unpaired) electrons. The minimum Gasteiger partial charge on any atom is -0.486 e. The van der Waals surface area contributed by atoms with Gasteiger partial charge in [0.2, 0.25) is 5.88 Å². The number of carboxylic acids is 1. The van der Waals surface area contributed by atoms with Crippen molar-refractivity contribution < 1.29 is 46.1 Å². The van der Waals surface area contributed by atoms with Crippen molar-refractivity contribution in [3.63, 3.8) is 0 Å². The van der Waals surface area contributed by atoms with Crippen molar-refractivity contribution in [1.29, 1.82) is 0 Å². The number of hydrogen-bond acceptors (Lipinski definition) is 7. The summed E-state index contributed by atoms with van der Waals surface area (Å²) in [5.74, 6) is -0.913. The van der Waals surface area contributed by atoms with E-state index in [2.05, 4.69) is 11.9 Å². The van der Waals surface area contributed by atoms with E-state index in [4.69, 9.17) is 19.7 Å². The molecule has 2 aromatic rings. The zero-order chi connectivity index (χ0) is 29.1. The van der Waals surface area contributed by atoms with Crippen molar-refractivity contribution in [1.82, 2.24) is 4.98 Å². The Hall–Kier alpha value is -3.32. The van der Waals surface area contributed by atoms with Crippen LogP contribution in [-0.4, -0.2) is 55.4 Å². The van der Waals surface area contributed by atoms with Gasteiger partial charge in [0.25, 0.3) is 10.0 Å². The highest BCUT2D eigenvalue weighted by Crippen LogP contribution is 2.42. The Balaban J connectivity index is 1.80. The molecule has 1 aromatic heterocycles. The van der Waals surface area contributed by atoms with E-state index in [1.54, 1.807) is 18.2 Å². The van der Waals surface area contributed by atoms with E-state index < -0.39 is 57.8 Å². The Kier molecular flexibility index (Phi) is 8.93. The Bertz CT molecular complexity index is 1370. The third-order valence-electron chi connectivity index (χ3n) is 6.93. The normalized spacial score (nSPS) is 19.5. The molecule has 0 unspecified atom stereocenters. The molecular formula is C27H31F3N2O7S. The van der Waals surface area contributed by atoms with Crippen molar-refractivity contribution in [2.24, 2.45) is 5.92 Å². The molecule has 0 saturated heterocycles. The van der Waals surface area contributed by atoms with Crippen LogP contribution >= 0.6 is 0 Å². The zero-order valence-corrected chi connectivity index (χ0v) is 22.7. The summed E-state index contributed by atoms with van der Waals surface area (Å²) in [6, 6.07) is 5.39. The summed E-state index contributed by atoms with van der Waals surface area (Å²) in [4.78, 5) is 13.9. The van der Waals surface area contributed by atoms with Gasteiger partial charge in [-0.05, 0) is 61.8 Å². The minimum atomic E-state index is -4.88. The predicted molar refractivity (Wildman–Crippen MR) is 140 cm³/mol. The summed E-state index contributed by atoms with van der Waals surface area (Å²) in [5, 5.41) is 18.3. The van der Waals surface area contributed by atoms with Crippen LogP contribution in [0.1, 0.15) is 56.6 Å². The second kappa shape index (κ2) is 12.0. The Labute approximate surface area is 230 Å². The third kappa shape index (κ3) is 6.87. The van der Waals surface area contributed by atoms with E-state index in [9.17, 15) is 26.4 Å². The summed E-state index contributed by atoms with van der Waals surface area (Å²) in [7, 11) is -4.73. The van der Waals surface area contributed by atoms with Crippen LogP contribution in [0.5, 0.6) is 11.6 Å². The van der Waals surface area contributed by atoms with Crippen LogP contribution in [0.25, 0.3) is 6.08 Å². The summed E-state index contributed by atoms with van der Waals surface area (Å²) >= 11 is 0. The Morgan fingerprint density at radius 3 is 2.62 bits per heavy atom. The molecular weight excluding hydrogens is 553 g/mol. The number of sulfonamides is 1. The predicted octanol–water partition coefficient (Wildman–Crippen LogP) is 4.89. The van der Waals surface area contributed by atoms with Gasteiger partial charge >= 0.3 is 12.1 Å². The fraction of sp³-hybridized carbons (Fsp3) is 0.481. The van der Waals surface area contributed by atoms with Crippen LogP contribution in [0.2, 0.25) is 0 Å². The molecule has 40 heavy (non-hydrogen) atoms. The number of aromatic nitrogens is 1. The van der Waals surface area contributed by atoms with E-state index in [1.165, 1.54) is 5.57 Å². The number of nitrogens with zero attached hydrogens (tertiary/aromatic N) is 2. The number of aliphatic hydroxyl groups excluding tert-OH is 1. The molecule has 0 bridgehead atoms. The zero-order valence-electron chi connectivity index (χ0n) is 21.9. The van der Waals surface area contributed by atoms with Crippen molar-refractivity contribution in [2.75, 3.05) is 24.1 Å². The number of hydrogen-bond donors (Lipinski definition) is 2. The number of benzene rings is 1. The van der Waals surface area contributed by atoms with E-state index >= 15 is 0 Å². The number of halogens is 3. The molecule has 2 N–H and O–H groups in total. The standard InChI is InChI=1S/C27H31F3N2O7S/c1-17-2-4-18(5-3-17)12-19-6-8-23-22(13-19)32(16-21(39-23)7-9-25(34)35)40(36,37)24-14-20(27(28,29)30)15-31-26(24)38-11-10-33/h6,8,12-15,17,21,33H,2-5,7,9-11,16H2,1H3,(H,34,35)/t17?,21-/m0/s1. The number of ether oxygens (including phenoxy) is 2. The lowest BCUT2D eigenvalue weighted by Crippen LogP contribution is -2.44. The molecule has 2 heterocycles. The number of aliphatic hydroxyl groups is 1. The van der Waals surface area contributed by atoms with Gasteiger partial charge in [0.1, 0.15) is 18.5 Å². The first-order chi connectivity index (χ1) is 18.9. The van der Waals surface area contributed by atoms with Gasteiger partial charge in [0.15, 0.2) is 4.90 Å². The number of allylic oxidation sites excluding steroid dienone is 1. The lowest BCUT2D eigenvalue weighted by molar-refractivity contribution is -0.138. The van der Waals surface area contributed by atoms with Gasteiger partial charge in [0.05, 0.1) is 24.4 Å². The molecule has 1 saturated carbocycles. The van der Waals surface area contributed by atoms with Gasteiger partial charge in [-0.2, -0.15) is 13.2 Å². The maximum atomic E-state index is 14.0. The molecule has 218 valence electrons. The number of fused-ring (bicyclic) bond motifs is 1. The van der Waals surface area contributed by atoms with E-state index in [1.807, 2.05) is 6.08 Å². The monoisotopic (exact) mass is 584 g/mol. The molecule has 1 aromatic carbocycles. The lowest BCUT2D eigenvalue weighted by atomic mass is 9.86. The van der Waals surface area contributed by atoms with Crippen molar-refractivity contribution in [3.05, 3.63) is 47.2 Å². The number of carbonyl (C=O) groups is 1. The van der Waals surface area contributed by atoms with Gasteiger partial charge in [-0.15, -0.1) is 0 Å². The smallest absolute Gasteiger partial charge is 0.417 e. The van der Waals surface area contributed by atoms with Gasteiger partial charge in [-0.3, -0.25) is 9.10 Å². The number of anilines is 1. The maximum Gasteiger partial charge on any atom is 0.417 e. The first-order valence-electron chi connectivity index (χ1n) is 12.9. The fourth-order valence-electron chi connectivity index (χ4n) is 4.74. The van der Waals surface area contributed by atoms with Crippen LogP contribution in [0.3, 0.4) is 0 Å². The second-order valence-electron chi connectivity index (χ2n) is 10.0. The van der Waals surface area contributed by atoms with Crippen LogP contribution in [0.15, 0.2) is 40.9 Å². The average molecular weight is 585 g/mol.